The van der Waals surface area contributed by atoms with Crippen LogP contribution in [-0.2, 0) is 6.54 Å². The van der Waals surface area contributed by atoms with Crippen LogP contribution in [0.15, 0.2) is 30.6 Å². The quantitative estimate of drug-likeness (QED) is 0.904. The van der Waals surface area contributed by atoms with Gasteiger partial charge in [-0.1, -0.05) is 23.2 Å². The lowest BCUT2D eigenvalue weighted by molar-refractivity contribution is 0.787. The summed E-state index contributed by atoms with van der Waals surface area (Å²) in [6.45, 7) is 0.636. The van der Waals surface area contributed by atoms with Gasteiger partial charge in [0.15, 0.2) is 5.82 Å². The molecule has 4 nitrogen and oxygen atoms in total. The lowest BCUT2D eigenvalue weighted by atomic mass is 10.3. The molecule has 1 aromatic heterocycles. The third-order valence-corrected chi connectivity index (χ3v) is 3.04. The van der Waals surface area contributed by atoms with Gasteiger partial charge in [0.1, 0.15) is 0 Å². The van der Waals surface area contributed by atoms with Gasteiger partial charge in [0.25, 0.3) is 0 Å². The van der Waals surface area contributed by atoms with E-state index in [-0.39, 0.29) is 0 Å². The van der Waals surface area contributed by atoms with Crippen LogP contribution in [0.2, 0.25) is 10.0 Å². The minimum atomic E-state index is 0.501. The summed E-state index contributed by atoms with van der Waals surface area (Å²) in [7, 11) is 1.86. The molecule has 0 aliphatic rings. The van der Waals surface area contributed by atoms with Crippen molar-refractivity contribution in [3.8, 4) is 0 Å². The van der Waals surface area contributed by atoms with E-state index in [4.69, 9.17) is 23.2 Å². The molecule has 0 radical (unpaired) electrons. The summed E-state index contributed by atoms with van der Waals surface area (Å²) < 4.78 is 0. The highest BCUT2D eigenvalue weighted by Gasteiger charge is 2.05. The maximum atomic E-state index is 5.96. The monoisotopic (exact) mass is 282 g/mol. The maximum absolute atomic E-state index is 5.96. The Morgan fingerprint density at radius 2 is 1.89 bits per heavy atom. The van der Waals surface area contributed by atoms with Crippen molar-refractivity contribution in [2.24, 2.45) is 0 Å². The predicted molar refractivity (Wildman–Crippen MR) is 74.5 cm³/mol. The molecule has 6 heteroatoms. The lowest BCUT2D eigenvalue weighted by Gasteiger charge is -2.10. The Morgan fingerprint density at radius 1 is 1.11 bits per heavy atom. The third-order valence-electron chi connectivity index (χ3n) is 2.30. The van der Waals surface area contributed by atoms with E-state index in [0.29, 0.717) is 22.4 Å². The predicted octanol–water partition coefficient (Wildman–Crippen LogP) is 3.25. The molecule has 0 amide bonds. The van der Waals surface area contributed by atoms with Gasteiger partial charge in [-0.3, -0.25) is 4.98 Å². The van der Waals surface area contributed by atoms with Gasteiger partial charge in [-0.05, 0) is 25.2 Å². The smallest absolute Gasteiger partial charge is 0.153 e. The first-order valence-electron chi connectivity index (χ1n) is 5.37. The molecule has 0 saturated heterocycles. The van der Waals surface area contributed by atoms with Gasteiger partial charge in [-0.2, -0.15) is 0 Å². The molecule has 94 valence electrons. The SMILES string of the molecule is CNCc1nccnc1Nc1ccc(Cl)c(Cl)c1. The minimum absolute atomic E-state index is 0.501. The van der Waals surface area contributed by atoms with Crippen LogP contribution in [-0.4, -0.2) is 17.0 Å². The van der Waals surface area contributed by atoms with E-state index in [9.17, 15) is 0 Å². The molecule has 0 bridgehead atoms. The number of rotatable bonds is 4. The maximum Gasteiger partial charge on any atom is 0.153 e. The molecule has 0 saturated carbocycles. The average Bonchev–Trinajstić information content (AvgIpc) is 2.37. The highest BCUT2D eigenvalue weighted by molar-refractivity contribution is 6.42. The van der Waals surface area contributed by atoms with Crippen molar-refractivity contribution < 1.29 is 0 Å². The second-order valence-electron chi connectivity index (χ2n) is 3.64. The Balaban J connectivity index is 2.25. The summed E-state index contributed by atoms with van der Waals surface area (Å²) in [4.78, 5) is 8.51. The van der Waals surface area contributed by atoms with E-state index in [1.54, 1.807) is 24.5 Å². The third kappa shape index (κ3) is 3.10. The molecule has 2 N–H and O–H groups in total. The van der Waals surface area contributed by atoms with E-state index >= 15 is 0 Å². The summed E-state index contributed by atoms with van der Waals surface area (Å²) in [6, 6.07) is 5.33. The van der Waals surface area contributed by atoms with Crippen molar-refractivity contribution in [2.75, 3.05) is 12.4 Å². The topological polar surface area (TPSA) is 49.8 Å². The summed E-state index contributed by atoms with van der Waals surface area (Å²) in [6.07, 6.45) is 3.30. The number of nitrogens with zero attached hydrogens (tertiary/aromatic N) is 2. The van der Waals surface area contributed by atoms with Gasteiger partial charge >= 0.3 is 0 Å². The first-order valence-corrected chi connectivity index (χ1v) is 6.13. The van der Waals surface area contributed by atoms with Crippen molar-refractivity contribution in [1.29, 1.82) is 0 Å². The molecule has 0 unspecified atom stereocenters. The second-order valence-corrected chi connectivity index (χ2v) is 4.45. The van der Waals surface area contributed by atoms with E-state index in [1.807, 2.05) is 13.1 Å². The molecule has 18 heavy (non-hydrogen) atoms. The number of halogens is 2. The van der Waals surface area contributed by atoms with E-state index in [0.717, 1.165) is 11.4 Å². The highest BCUT2D eigenvalue weighted by Crippen LogP contribution is 2.26. The molecule has 2 aromatic rings. The van der Waals surface area contributed by atoms with Crippen LogP contribution in [0.3, 0.4) is 0 Å². The lowest BCUT2D eigenvalue weighted by Crippen LogP contribution is -2.10. The van der Waals surface area contributed by atoms with Gasteiger partial charge in [-0.25, -0.2) is 4.98 Å². The molecule has 2 rings (SSSR count). The highest BCUT2D eigenvalue weighted by atomic mass is 35.5. The fourth-order valence-electron chi connectivity index (χ4n) is 1.48. The molecule has 0 fully saturated rings. The Kier molecular flexibility index (Phi) is 4.36. The molecule has 1 aromatic carbocycles. The van der Waals surface area contributed by atoms with Gasteiger partial charge in [0, 0.05) is 24.6 Å². The van der Waals surface area contributed by atoms with E-state index in [2.05, 4.69) is 20.6 Å². The second kappa shape index (κ2) is 6.00. The largest absolute Gasteiger partial charge is 0.339 e. The summed E-state index contributed by atoms with van der Waals surface area (Å²) in [5.41, 5.74) is 1.66. The number of aromatic nitrogens is 2. The molecular formula is C12H12Cl2N4. The fraction of sp³-hybridized carbons (Fsp3) is 0.167. The van der Waals surface area contributed by atoms with Crippen LogP contribution in [0.25, 0.3) is 0 Å². The average molecular weight is 283 g/mol. The summed E-state index contributed by atoms with van der Waals surface area (Å²) in [5.74, 6) is 0.699. The van der Waals surface area contributed by atoms with Crippen LogP contribution in [0, 0.1) is 0 Å². The van der Waals surface area contributed by atoms with Crippen LogP contribution in [0.4, 0.5) is 11.5 Å². The zero-order valence-electron chi connectivity index (χ0n) is 9.74. The van der Waals surface area contributed by atoms with Gasteiger partial charge < -0.3 is 10.6 Å². The minimum Gasteiger partial charge on any atom is -0.339 e. The van der Waals surface area contributed by atoms with Crippen molar-refractivity contribution in [3.63, 3.8) is 0 Å². The fourth-order valence-corrected chi connectivity index (χ4v) is 1.78. The van der Waals surface area contributed by atoms with Crippen molar-refractivity contribution in [2.45, 2.75) is 6.54 Å². The van der Waals surface area contributed by atoms with Crippen LogP contribution < -0.4 is 10.6 Å². The van der Waals surface area contributed by atoms with E-state index < -0.39 is 0 Å². The molecular weight excluding hydrogens is 271 g/mol. The van der Waals surface area contributed by atoms with Crippen LogP contribution >= 0.6 is 23.2 Å². The molecule has 0 atom stereocenters. The molecule has 1 heterocycles. The Bertz CT molecular complexity index is 545. The molecule has 0 aliphatic heterocycles. The number of nitrogens with one attached hydrogen (secondary N) is 2. The normalized spacial score (nSPS) is 10.4. The van der Waals surface area contributed by atoms with E-state index in [1.165, 1.54) is 0 Å². The van der Waals surface area contributed by atoms with Gasteiger partial charge in [-0.15, -0.1) is 0 Å². The van der Waals surface area contributed by atoms with Crippen molar-refractivity contribution in [3.05, 3.63) is 46.3 Å². The Labute approximate surface area is 115 Å². The van der Waals surface area contributed by atoms with Gasteiger partial charge in [0.2, 0.25) is 0 Å². The molecule has 0 spiro atoms. The summed E-state index contributed by atoms with van der Waals surface area (Å²) in [5, 5.41) is 7.24. The number of anilines is 2. The molecule has 0 aliphatic carbocycles. The van der Waals surface area contributed by atoms with Crippen molar-refractivity contribution in [1.82, 2.24) is 15.3 Å². The summed E-state index contributed by atoms with van der Waals surface area (Å²) >= 11 is 11.8. The van der Waals surface area contributed by atoms with Crippen LogP contribution in [0.5, 0.6) is 0 Å². The standard InChI is InChI=1S/C12H12Cl2N4/c1-15-7-11-12(17-5-4-16-11)18-8-2-3-9(13)10(14)6-8/h2-6,15H,7H2,1H3,(H,17,18). The number of hydrogen-bond donors (Lipinski definition) is 2. The number of benzene rings is 1. The van der Waals surface area contributed by atoms with Gasteiger partial charge in [0.05, 0.1) is 15.7 Å². The first-order chi connectivity index (χ1) is 8.70. The Morgan fingerprint density at radius 3 is 2.61 bits per heavy atom. The zero-order chi connectivity index (χ0) is 13.0. The van der Waals surface area contributed by atoms with Crippen molar-refractivity contribution >= 4 is 34.7 Å². The van der Waals surface area contributed by atoms with Crippen LogP contribution in [0.1, 0.15) is 5.69 Å². The number of hydrogen-bond acceptors (Lipinski definition) is 4. The first kappa shape index (κ1) is 13.1. The Hall–Kier alpha value is -1.36. The zero-order valence-corrected chi connectivity index (χ0v) is 11.3.